The van der Waals surface area contributed by atoms with Crippen LogP contribution in [0.25, 0.3) is 22.0 Å². The van der Waals surface area contributed by atoms with E-state index in [-0.39, 0.29) is 5.75 Å². The third-order valence-corrected chi connectivity index (χ3v) is 5.41. The number of phenols is 1. The Hall–Kier alpha value is -3.38. The summed E-state index contributed by atoms with van der Waals surface area (Å²) in [6.45, 7) is 0. The van der Waals surface area contributed by atoms with Gasteiger partial charge in [-0.05, 0) is 22.9 Å². The fraction of sp³-hybridized carbons (Fsp3) is 0.0909. The molecule has 0 aliphatic carbocycles. The van der Waals surface area contributed by atoms with Gasteiger partial charge in [0, 0.05) is 23.6 Å². The van der Waals surface area contributed by atoms with Crippen molar-refractivity contribution in [3.8, 4) is 22.8 Å². The molecule has 3 aromatic carbocycles. The summed E-state index contributed by atoms with van der Waals surface area (Å²) >= 11 is 1.52. The summed E-state index contributed by atoms with van der Waals surface area (Å²) in [7, 11) is 3.27. The highest BCUT2D eigenvalue weighted by Crippen LogP contribution is 2.30. The zero-order valence-corrected chi connectivity index (χ0v) is 16.4. The fourth-order valence-corrected chi connectivity index (χ4v) is 3.92. The standard InChI is InChI=1S/C22H19N3O2S/c1-23-22-25(24-13-16-9-6-12-20(27-2)21(16)26)19(14-28-22)18-11-5-8-15-7-3-4-10-17(15)18/h3-14,26H,1-2H3. The van der Waals surface area contributed by atoms with Gasteiger partial charge in [-0.2, -0.15) is 5.10 Å². The van der Waals surface area contributed by atoms with Gasteiger partial charge in [0.25, 0.3) is 0 Å². The first-order valence-corrected chi connectivity index (χ1v) is 9.62. The normalized spacial score (nSPS) is 12.1. The van der Waals surface area contributed by atoms with Crippen molar-refractivity contribution in [2.45, 2.75) is 0 Å². The van der Waals surface area contributed by atoms with Gasteiger partial charge in [0.15, 0.2) is 11.5 Å². The van der Waals surface area contributed by atoms with Gasteiger partial charge in [-0.1, -0.05) is 48.5 Å². The maximum Gasteiger partial charge on any atom is 0.205 e. The SMILES string of the molecule is CN=c1scc(-c2cccc3ccccc23)n1N=Cc1cccc(OC)c1O. The lowest BCUT2D eigenvalue weighted by Crippen LogP contribution is -2.11. The molecule has 0 saturated carbocycles. The van der Waals surface area contributed by atoms with E-state index in [4.69, 9.17) is 4.74 Å². The van der Waals surface area contributed by atoms with Gasteiger partial charge in [0.05, 0.1) is 19.0 Å². The second kappa shape index (κ2) is 7.70. The first kappa shape index (κ1) is 18.0. The predicted molar refractivity (Wildman–Crippen MR) is 114 cm³/mol. The van der Waals surface area contributed by atoms with Crippen molar-refractivity contribution in [2.24, 2.45) is 10.1 Å². The minimum atomic E-state index is 0.0614. The molecule has 0 radical (unpaired) electrons. The lowest BCUT2D eigenvalue weighted by atomic mass is 10.0. The highest BCUT2D eigenvalue weighted by molar-refractivity contribution is 7.07. The van der Waals surface area contributed by atoms with Crippen LogP contribution in [0.3, 0.4) is 0 Å². The minimum Gasteiger partial charge on any atom is -0.504 e. The Kier molecular flexibility index (Phi) is 4.95. The number of fused-ring (bicyclic) bond motifs is 1. The molecule has 1 heterocycles. The second-order valence-corrected chi connectivity index (χ2v) is 6.94. The Morgan fingerprint density at radius 2 is 1.82 bits per heavy atom. The maximum absolute atomic E-state index is 10.3. The Morgan fingerprint density at radius 3 is 2.64 bits per heavy atom. The number of methoxy groups -OCH3 is 1. The third-order valence-electron chi connectivity index (χ3n) is 4.50. The number of nitrogens with zero attached hydrogens (tertiary/aromatic N) is 3. The van der Waals surface area contributed by atoms with Crippen molar-refractivity contribution in [2.75, 3.05) is 14.2 Å². The van der Waals surface area contributed by atoms with Crippen molar-refractivity contribution in [3.05, 3.63) is 76.4 Å². The van der Waals surface area contributed by atoms with Crippen LogP contribution < -0.4 is 9.54 Å². The van der Waals surface area contributed by atoms with E-state index in [1.54, 1.807) is 30.1 Å². The third kappa shape index (κ3) is 3.18. The smallest absolute Gasteiger partial charge is 0.205 e. The molecule has 0 aliphatic rings. The minimum absolute atomic E-state index is 0.0614. The van der Waals surface area contributed by atoms with E-state index < -0.39 is 0 Å². The van der Waals surface area contributed by atoms with Crippen LogP contribution in [0.4, 0.5) is 0 Å². The van der Waals surface area contributed by atoms with Crippen molar-refractivity contribution < 1.29 is 9.84 Å². The topological polar surface area (TPSA) is 59.1 Å². The number of phenolic OH excluding ortho intramolecular Hbond substituents is 1. The van der Waals surface area contributed by atoms with Crippen molar-refractivity contribution in [1.29, 1.82) is 0 Å². The zero-order chi connectivity index (χ0) is 19.5. The summed E-state index contributed by atoms with van der Waals surface area (Å²) in [5, 5.41) is 19.3. The molecule has 1 aromatic heterocycles. The number of ether oxygens (including phenoxy) is 1. The molecule has 0 atom stereocenters. The van der Waals surface area contributed by atoms with Crippen molar-refractivity contribution in [3.63, 3.8) is 0 Å². The summed E-state index contributed by atoms with van der Waals surface area (Å²) in [6.07, 6.45) is 1.62. The first-order valence-electron chi connectivity index (χ1n) is 8.74. The average Bonchev–Trinajstić information content (AvgIpc) is 3.15. The lowest BCUT2D eigenvalue weighted by molar-refractivity contribution is 0.373. The molecule has 0 aliphatic heterocycles. The lowest BCUT2D eigenvalue weighted by Gasteiger charge is -2.08. The van der Waals surface area contributed by atoms with Gasteiger partial charge in [0.1, 0.15) is 0 Å². The van der Waals surface area contributed by atoms with Crippen molar-refractivity contribution >= 4 is 28.3 Å². The quantitative estimate of drug-likeness (QED) is 0.523. The molecule has 0 amide bonds. The van der Waals surface area contributed by atoms with Crippen LogP contribution in [0.2, 0.25) is 0 Å². The number of thiazole rings is 1. The molecule has 28 heavy (non-hydrogen) atoms. The Morgan fingerprint density at radius 1 is 1.04 bits per heavy atom. The highest BCUT2D eigenvalue weighted by atomic mass is 32.1. The molecule has 0 unspecified atom stereocenters. The molecule has 5 nitrogen and oxygen atoms in total. The number of aromatic hydroxyl groups is 1. The average molecular weight is 389 g/mol. The molecule has 4 rings (SSSR count). The Balaban J connectivity index is 1.86. The van der Waals surface area contributed by atoms with Crippen LogP contribution >= 0.6 is 11.3 Å². The summed E-state index contributed by atoms with van der Waals surface area (Å²) in [5.41, 5.74) is 2.60. The van der Waals surface area contributed by atoms with Crippen LogP contribution in [0, 0.1) is 0 Å². The van der Waals surface area contributed by atoms with Crippen LogP contribution in [-0.2, 0) is 0 Å². The van der Waals surface area contributed by atoms with Gasteiger partial charge in [0.2, 0.25) is 4.80 Å². The van der Waals surface area contributed by atoms with E-state index in [1.807, 2.05) is 29.6 Å². The van der Waals surface area contributed by atoms with Crippen molar-refractivity contribution in [1.82, 2.24) is 4.68 Å². The van der Waals surface area contributed by atoms with Gasteiger partial charge in [-0.15, -0.1) is 11.3 Å². The first-order chi connectivity index (χ1) is 13.7. The monoisotopic (exact) mass is 389 g/mol. The number of hydrogen-bond acceptors (Lipinski definition) is 5. The van der Waals surface area contributed by atoms with Gasteiger partial charge in [-0.3, -0.25) is 4.99 Å². The molecule has 0 fully saturated rings. The van der Waals surface area contributed by atoms with E-state index in [0.717, 1.165) is 21.4 Å². The number of benzene rings is 3. The second-order valence-electron chi connectivity index (χ2n) is 6.11. The van der Waals surface area contributed by atoms with Crippen LogP contribution in [0.5, 0.6) is 11.5 Å². The molecular weight excluding hydrogens is 370 g/mol. The number of aromatic nitrogens is 1. The number of para-hydroxylation sites is 1. The maximum atomic E-state index is 10.3. The molecule has 6 heteroatoms. The summed E-state index contributed by atoms with van der Waals surface area (Å²) < 4.78 is 6.97. The number of hydrogen-bond donors (Lipinski definition) is 1. The fourth-order valence-electron chi connectivity index (χ4n) is 3.12. The molecule has 140 valence electrons. The number of rotatable bonds is 4. The summed E-state index contributed by atoms with van der Waals surface area (Å²) in [5.74, 6) is 0.472. The molecule has 1 N–H and O–H groups in total. The van der Waals surface area contributed by atoms with E-state index in [9.17, 15) is 5.11 Å². The molecule has 4 aromatic rings. The van der Waals surface area contributed by atoms with E-state index >= 15 is 0 Å². The highest BCUT2D eigenvalue weighted by Gasteiger charge is 2.11. The van der Waals surface area contributed by atoms with E-state index in [1.165, 1.54) is 23.8 Å². The predicted octanol–water partition coefficient (Wildman–Crippen LogP) is 4.50. The van der Waals surface area contributed by atoms with E-state index in [2.05, 4.69) is 34.4 Å². The largest absolute Gasteiger partial charge is 0.504 e. The van der Waals surface area contributed by atoms with Crippen LogP contribution in [0.1, 0.15) is 5.56 Å². The summed E-state index contributed by atoms with van der Waals surface area (Å²) in [4.78, 5) is 5.11. The zero-order valence-electron chi connectivity index (χ0n) is 15.5. The molecule has 0 spiro atoms. The van der Waals surface area contributed by atoms with Gasteiger partial charge < -0.3 is 9.84 Å². The van der Waals surface area contributed by atoms with Crippen LogP contribution in [0.15, 0.2) is 76.1 Å². The van der Waals surface area contributed by atoms with Gasteiger partial charge in [-0.25, -0.2) is 4.68 Å². The van der Waals surface area contributed by atoms with Gasteiger partial charge >= 0.3 is 0 Å². The van der Waals surface area contributed by atoms with E-state index in [0.29, 0.717) is 11.3 Å². The molecule has 0 bridgehead atoms. The molecule has 0 saturated heterocycles. The van der Waals surface area contributed by atoms with Crippen LogP contribution in [-0.4, -0.2) is 30.2 Å². The Labute approximate surface area is 166 Å². The summed E-state index contributed by atoms with van der Waals surface area (Å²) in [6, 6.07) is 19.8. The Bertz CT molecular complexity index is 1230. The molecular formula is C22H19N3O2S.